The summed E-state index contributed by atoms with van der Waals surface area (Å²) in [6.45, 7) is 4.91. The highest BCUT2D eigenvalue weighted by molar-refractivity contribution is 6.30. The molecule has 0 N–H and O–H groups in total. The van der Waals surface area contributed by atoms with E-state index in [1.807, 2.05) is 0 Å². The number of halogens is 1. The zero-order valence-electron chi connectivity index (χ0n) is 15.7. The summed E-state index contributed by atoms with van der Waals surface area (Å²) < 4.78 is 7.33. The highest BCUT2D eigenvalue weighted by atomic mass is 35.5. The van der Waals surface area contributed by atoms with E-state index < -0.39 is 0 Å². The highest BCUT2D eigenvalue weighted by Crippen LogP contribution is 2.65. The molecule has 1 nitrogen and oxygen atoms in total. The molecular formula is C23H31ClO. The lowest BCUT2D eigenvalue weighted by Crippen LogP contribution is -2.51. The highest BCUT2D eigenvalue weighted by Gasteiger charge is 2.61. The van der Waals surface area contributed by atoms with Gasteiger partial charge in [0.25, 0.3) is 0 Å². The second kappa shape index (κ2) is 5.73. The average Bonchev–Trinajstić information content (AvgIpc) is 2.84. The van der Waals surface area contributed by atoms with Crippen LogP contribution in [-0.2, 0) is 15.9 Å². The van der Waals surface area contributed by atoms with Gasteiger partial charge in [0.15, 0.2) is 0 Å². The average molecular weight is 359 g/mol. The van der Waals surface area contributed by atoms with E-state index in [2.05, 4.69) is 32.0 Å². The van der Waals surface area contributed by atoms with E-state index in [9.17, 15) is 0 Å². The van der Waals surface area contributed by atoms with Crippen molar-refractivity contribution in [1.82, 2.24) is 0 Å². The third-order valence-corrected chi connectivity index (χ3v) is 8.22. The van der Waals surface area contributed by atoms with Crippen LogP contribution in [0.1, 0.15) is 82.8 Å². The molecule has 0 saturated heterocycles. The van der Waals surface area contributed by atoms with Crippen LogP contribution in [0.2, 0.25) is 5.02 Å². The second-order valence-electron chi connectivity index (χ2n) is 9.65. The minimum atomic E-state index is -0.0806. The lowest BCUT2D eigenvalue weighted by molar-refractivity contribution is -0.232. The van der Waals surface area contributed by atoms with E-state index >= 15 is 0 Å². The lowest BCUT2D eigenvalue weighted by Gasteiger charge is -2.54. The Hall–Kier alpha value is -0.530. The van der Waals surface area contributed by atoms with Crippen LogP contribution in [-0.4, -0.2) is 0 Å². The molecule has 0 aromatic heterocycles. The molecule has 1 aromatic rings. The molecule has 2 bridgehead atoms. The largest absolute Gasteiger partial charge is 0.359 e. The van der Waals surface area contributed by atoms with Gasteiger partial charge in [0.2, 0.25) is 0 Å². The Kier molecular flexibility index (Phi) is 3.81. The Morgan fingerprint density at radius 2 is 1.76 bits per heavy atom. The van der Waals surface area contributed by atoms with Crippen LogP contribution in [0.4, 0.5) is 0 Å². The van der Waals surface area contributed by atoms with Gasteiger partial charge in [-0.25, -0.2) is 0 Å². The SMILES string of the molecule is CC1CC2CC(C)C3(OC4(CCCCC4)c4ccc(Cl)cc43)C(C1)C2. The first-order valence-electron chi connectivity index (χ1n) is 10.5. The van der Waals surface area contributed by atoms with E-state index in [-0.39, 0.29) is 11.2 Å². The van der Waals surface area contributed by atoms with Gasteiger partial charge in [-0.05, 0) is 85.5 Å². The number of rotatable bonds is 0. The van der Waals surface area contributed by atoms with Crippen molar-refractivity contribution in [2.24, 2.45) is 23.7 Å². The Balaban J connectivity index is 1.67. The maximum absolute atomic E-state index is 7.33. The predicted molar refractivity (Wildman–Crippen MR) is 103 cm³/mol. The Bertz CT molecular complexity index is 673. The van der Waals surface area contributed by atoms with Crippen molar-refractivity contribution >= 4 is 11.6 Å². The molecule has 4 aliphatic rings. The molecule has 0 amide bonds. The lowest BCUT2D eigenvalue weighted by atomic mass is 9.56. The van der Waals surface area contributed by atoms with Crippen LogP contribution in [0, 0.1) is 23.7 Å². The van der Waals surface area contributed by atoms with Crippen LogP contribution < -0.4 is 0 Å². The van der Waals surface area contributed by atoms with Crippen LogP contribution >= 0.6 is 11.6 Å². The quantitative estimate of drug-likeness (QED) is 0.494. The first-order chi connectivity index (χ1) is 12.0. The normalized spacial score (nSPS) is 41.9. The van der Waals surface area contributed by atoms with Gasteiger partial charge in [0.05, 0.1) is 5.60 Å². The molecule has 3 fully saturated rings. The van der Waals surface area contributed by atoms with Crippen molar-refractivity contribution in [3.05, 3.63) is 34.3 Å². The Morgan fingerprint density at radius 1 is 0.960 bits per heavy atom. The fourth-order valence-corrected chi connectivity index (χ4v) is 7.37. The van der Waals surface area contributed by atoms with Gasteiger partial charge in [0.1, 0.15) is 5.60 Å². The molecule has 5 unspecified atom stereocenters. The van der Waals surface area contributed by atoms with E-state index in [0.29, 0.717) is 11.8 Å². The van der Waals surface area contributed by atoms with Gasteiger partial charge < -0.3 is 4.74 Å². The fraction of sp³-hybridized carbons (Fsp3) is 0.739. The Labute approximate surface area is 157 Å². The van der Waals surface area contributed by atoms with Gasteiger partial charge in [-0.15, -0.1) is 0 Å². The molecule has 5 atom stereocenters. The standard InChI is InChI=1S/C23H31ClO/c1-15-10-17-12-16(2)23(18(11-15)13-17)21-14-19(24)6-7-20(21)22(25-23)8-4-3-5-9-22/h6-7,14-18H,3-5,8-13H2,1-2H3. The molecule has 0 radical (unpaired) electrons. The predicted octanol–water partition coefficient (Wildman–Crippen LogP) is 6.82. The molecule has 5 rings (SSSR count). The number of ether oxygens (including phenoxy) is 1. The second-order valence-corrected chi connectivity index (χ2v) is 10.1. The van der Waals surface area contributed by atoms with Crippen LogP contribution in [0.3, 0.4) is 0 Å². The molecule has 1 aliphatic heterocycles. The maximum atomic E-state index is 7.33. The van der Waals surface area contributed by atoms with Crippen LogP contribution in [0.25, 0.3) is 0 Å². The molecule has 1 aromatic carbocycles. The maximum Gasteiger partial charge on any atom is 0.100 e. The third-order valence-electron chi connectivity index (χ3n) is 7.98. The summed E-state index contributed by atoms with van der Waals surface area (Å²) in [5, 5.41) is 0.882. The van der Waals surface area contributed by atoms with E-state index in [1.54, 1.807) is 0 Å². The smallest absolute Gasteiger partial charge is 0.100 e. The summed E-state index contributed by atoms with van der Waals surface area (Å²) in [4.78, 5) is 0. The number of benzene rings is 1. The molecule has 2 spiro atoms. The van der Waals surface area contributed by atoms with Crippen LogP contribution in [0.15, 0.2) is 18.2 Å². The van der Waals surface area contributed by atoms with E-state index in [1.165, 1.54) is 68.9 Å². The van der Waals surface area contributed by atoms with Crippen LogP contribution in [0.5, 0.6) is 0 Å². The monoisotopic (exact) mass is 358 g/mol. The summed E-state index contributed by atoms with van der Waals surface area (Å²) in [5.74, 6) is 3.01. The summed E-state index contributed by atoms with van der Waals surface area (Å²) in [7, 11) is 0. The molecule has 25 heavy (non-hydrogen) atoms. The van der Waals surface area contributed by atoms with Gasteiger partial charge in [-0.1, -0.05) is 50.8 Å². The van der Waals surface area contributed by atoms with Crippen molar-refractivity contribution in [2.75, 3.05) is 0 Å². The minimum absolute atomic E-state index is 0.0278. The molecule has 3 aliphatic carbocycles. The molecule has 136 valence electrons. The van der Waals surface area contributed by atoms with Crippen molar-refractivity contribution in [3.63, 3.8) is 0 Å². The van der Waals surface area contributed by atoms with Gasteiger partial charge in [0, 0.05) is 5.02 Å². The zero-order chi connectivity index (χ0) is 17.2. The van der Waals surface area contributed by atoms with Gasteiger partial charge >= 0.3 is 0 Å². The summed E-state index contributed by atoms with van der Waals surface area (Å²) >= 11 is 6.51. The van der Waals surface area contributed by atoms with E-state index in [0.717, 1.165) is 16.9 Å². The minimum Gasteiger partial charge on any atom is -0.359 e. The topological polar surface area (TPSA) is 9.23 Å². The van der Waals surface area contributed by atoms with Crippen molar-refractivity contribution in [3.8, 4) is 0 Å². The summed E-state index contributed by atoms with van der Waals surface area (Å²) in [6.07, 6.45) is 11.8. The van der Waals surface area contributed by atoms with Crippen molar-refractivity contribution < 1.29 is 4.74 Å². The number of hydrogen-bond donors (Lipinski definition) is 0. The van der Waals surface area contributed by atoms with Crippen molar-refractivity contribution in [2.45, 2.75) is 82.8 Å². The number of hydrogen-bond acceptors (Lipinski definition) is 1. The van der Waals surface area contributed by atoms with E-state index in [4.69, 9.17) is 16.3 Å². The summed E-state index contributed by atoms with van der Waals surface area (Å²) in [5.41, 5.74) is 2.84. The molecular weight excluding hydrogens is 328 g/mol. The van der Waals surface area contributed by atoms with Gasteiger partial charge in [-0.3, -0.25) is 0 Å². The third kappa shape index (κ3) is 2.31. The fourth-order valence-electron chi connectivity index (χ4n) is 7.20. The molecule has 3 saturated carbocycles. The number of fused-ring (bicyclic) bond motifs is 6. The Morgan fingerprint density at radius 3 is 2.56 bits per heavy atom. The summed E-state index contributed by atoms with van der Waals surface area (Å²) in [6, 6.07) is 6.68. The molecule has 1 heterocycles. The van der Waals surface area contributed by atoms with Crippen molar-refractivity contribution in [1.29, 1.82) is 0 Å². The first-order valence-corrected chi connectivity index (χ1v) is 10.9. The first kappa shape index (κ1) is 16.6. The zero-order valence-corrected chi connectivity index (χ0v) is 16.4. The molecule has 2 heteroatoms. The van der Waals surface area contributed by atoms with Gasteiger partial charge in [-0.2, -0.15) is 0 Å².